The number of amides is 2. The highest BCUT2D eigenvalue weighted by atomic mass is 16.4. The van der Waals surface area contributed by atoms with Crippen LogP contribution in [0.1, 0.15) is 87.9 Å². The van der Waals surface area contributed by atoms with Gasteiger partial charge >= 0.3 is 23.9 Å². The van der Waals surface area contributed by atoms with E-state index < -0.39 is 82.6 Å². The number of hydrogen-bond acceptors (Lipinski definition) is 16. The predicted molar refractivity (Wildman–Crippen MR) is 232 cm³/mol. The van der Waals surface area contributed by atoms with Crippen molar-refractivity contribution in [2.75, 3.05) is 11.6 Å². The monoisotopic (exact) mass is 909 g/mol. The van der Waals surface area contributed by atoms with Gasteiger partial charge in [-0.1, -0.05) is 34.6 Å². The molecule has 4 heterocycles. The van der Waals surface area contributed by atoms with Gasteiger partial charge in [0.1, 0.15) is 12.1 Å². The van der Waals surface area contributed by atoms with Gasteiger partial charge in [-0.15, -0.1) is 0 Å². The number of carbonyl (C=O) groups excluding carboxylic acids is 2. The van der Waals surface area contributed by atoms with Gasteiger partial charge < -0.3 is 48.5 Å². The molecule has 0 radical (unpaired) electrons. The fourth-order valence-electron chi connectivity index (χ4n) is 7.96. The summed E-state index contributed by atoms with van der Waals surface area (Å²) < 4.78 is 0.681. The van der Waals surface area contributed by atoms with Gasteiger partial charge in [-0.2, -0.15) is 14.6 Å². The Hall–Kier alpha value is -8.64. The summed E-state index contributed by atoms with van der Waals surface area (Å²) >= 11 is 0. The van der Waals surface area contributed by atoms with E-state index in [0.717, 1.165) is 0 Å². The molecule has 6 rings (SSSR count). The Balaban J connectivity index is 1.33. The Morgan fingerprint density at radius 3 is 1.61 bits per heavy atom. The van der Waals surface area contributed by atoms with Gasteiger partial charge in [0.05, 0.1) is 11.1 Å². The Labute approximate surface area is 371 Å². The molecule has 0 saturated heterocycles. The summed E-state index contributed by atoms with van der Waals surface area (Å²) in [6.45, 7) is 0. The number of aryl methyl sites for hydroxylation is 2. The molecule has 0 saturated carbocycles. The summed E-state index contributed by atoms with van der Waals surface area (Å²) in [5.41, 5.74) is 3.69. The van der Waals surface area contributed by atoms with Gasteiger partial charge in [0, 0.05) is 47.2 Å². The molecule has 66 heavy (non-hydrogen) atoms. The summed E-state index contributed by atoms with van der Waals surface area (Å²) in [4.78, 5) is 120. The standard InChI is InChI=1S/C41H43N13O12/c42-38-49-31-29(35(62)54(38)44)41(19-46-31,16-14-21-3-7-23(8-4-21)33(60)48-25(37(65)66)10-12-27(57)58)17-40(18-45-30-28(40)34(61)51-39(50-30)52-53-43)15-13-20-1-5-22(6-2-20)32(59)47-24(36(63)64)9-11-26(55)56/h1-8,18-19,24-25H,9-17,44H2,(H2,42,49)(H,47,59)(H,48,60)(H,55,56)(H,57,58)(H,63,64)(H,65,66)(H3,43,50,51,52,61). The van der Waals surface area contributed by atoms with Crippen LogP contribution >= 0.6 is 0 Å². The normalized spacial score (nSPS) is 17.8. The molecule has 25 heteroatoms. The van der Waals surface area contributed by atoms with Crippen LogP contribution in [0, 0.1) is 0 Å². The highest BCUT2D eigenvalue weighted by molar-refractivity contribution is 5.97. The highest BCUT2D eigenvalue weighted by Crippen LogP contribution is 2.49. The van der Waals surface area contributed by atoms with Crippen molar-refractivity contribution < 1.29 is 49.2 Å². The van der Waals surface area contributed by atoms with E-state index in [2.05, 4.69) is 45.9 Å². The predicted octanol–water partition coefficient (Wildman–Crippen LogP) is 0.939. The second kappa shape index (κ2) is 19.4. The van der Waals surface area contributed by atoms with Crippen LogP contribution in [0.15, 0.2) is 78.4 Å². The number of nitrogen functional groups attached to an aromatic ring is 2. The van der Waals surface area contributed by atoms with E-state index in [-0.39, 0.29) is 90.7 Å². The van der Waals surface area contributed by atoms with Crippen LogP contribution in [0.2, 0.25) is 0 Å². The first kappa shape index (κ1) is 46.9. The summed E-state index contributed by atoms with van der Waals surface area (Å²) in [5, 5.41) is 48.5. The van der Waals surface area contributed by atoms with E-state index in [9.17, 15) is 48.6 Å². The molecular weight excluding hydrogens is 867 g/mol. The number of carboxylic acids is 4. The topological polar surface area (TPSA) is 416 Å². The lowest BCUT2D eigenvalue weighted by Crippen LogP contribution is -2.45. The van der Waals surface area contributed by atoms with Crippen LogP contribution in [-0.4, -0.2) is 100 Å². The van der Waals surface area contributed by atoms with Gasteiger partial charge in [-0.25, -0.2) is 19.6 Å². The maximum absolute atomic E-state index is 14.1. The molecular formula is C41H43N13O12. The molecule has 0 spiro atoms. The smallest absolute Gasteiger partial charge is 0.326 e. The number of nitrogens with two attached hydrogens (primary N) is 3. The lowest BCUT2D eigenvalue weighted by Gasteiger charge is -2.37. The lowest BCUT2D eigenvalue weighted by atomic mass is 9.63. The fraction of sp³-hybridized carbons (Fsp3) is 0.317. The first-order valence-corrected chi connectivity index (χ1v) is 20.1. The van der Waals surface area contributed by atoms with Gasteiger partial charge in [-0.05, 0) is 80.3 Å². The van der Waals surface area contributed by atoms with E-state index in [1.807, 2.05) is 0 Å². The van der Waals surface area contributed by atoms with Gasteiger partial charge in [-0.3, -0.25) is 33.8 Å². The lowest BCUT2D eigenvalue weighted by molar-refractivity contribution is -0.142. The largest absolute Gasteiger partial charge is 0.481 e. The number of H-pyrrole nitrogens is 1. The van der Waals surface area contributed by atoms with Crippen molar-refractivity contribution in [3.63, 3.8) is 0 Å². The molecule has 344 valence electrons. The first-order chi connectivity index (χ1) is 31.3. The van der Waals surface area contributed by atoms with Gasteiger partial charge in [0.2, 0.25) is 5.95 Å². The molecule has 25 nitrogen and oxygen atoms in total. The molecule has 2 aromatic carbocycles. The fourth-order valence-corrected chi connectivity index (χ4v) is 7.96. The van der Waals surface area contributed by atoms with Gasteiger partial charge in [0.15, 0.2) is 11.6 Å². The second-order valence-corrected chi connectivity index (χ2v) is 15.6. The third-order valence-corrected chi connectivity index (χ3v) is 11.3. The zero-order valence-corrected chi connectivity index (χ0v) is 34.7. The zero-order chi connectivity index (χ0) is 47.9. The summed E-state index contributed by atoms with van der Waals surface area (Å²) in [6.07, 6.45) is 2.17. The van der Waals surface area contributed by atoms with Crippen LogP contribution in [-0.2, 0) is 42.8 Å². The van der Waals surface area contributed by atoms with E-state index in [1.165, 1.54) is 30.5 Å². The van der Waals surface area contributed by atoms with Crippen LogP contribution in [0.4, 0.5) is 23.5 Å². The average Bonchev–Trinajstić information content (AvgIpc) is 3.82. The number of carbonyl (C=O) groups is 6. The highest BCUT2D eigenvalue weighted by Gasteiger charge is 2.50. The van der Waals surface area contributed by atoms with Crippen LogP contribution in [0.5, 0.6) is 0 Å². The number of benzene rings is 2. The Bertz CT molecular complexity index is 2810. The Morgan fingerprint density at radius 2 is 1.17 bits per heavy atom. The van der Waals surface area contributed by atoms with Crippen LogP contribution in [0.3, 0.4) is 0 Å². The third kappa shape index (κ3) is 10.2. The molecule has 0 bridgehead atoms. The number of nitrogens with one attached hydrogen (secondary N) is 3. The molecule has 0 fully saturated rings. The number of rotatable bonds is 21. The molecule has 4 atom stereocenters. The van der Waals surface area contributed by atoms with E-state index in [0.29, 0.717) is 15.8 Å². The number of anilines is 1. The minimum Gasteiger partial charge on any atom is -0.481 e. The number of aliphatic carboxylic acids is 4. The van der Waals surface area contributed by atoms with E-state index in [1.54, 1.807) is 30.5 Å². The maximum atomic E-state index is 14.1. The minimum atomic E-state index is -1.44. The summed E-state index contributed by atoms with van der Waals surface area (Å²) in [7, 11) is 0. The molecule has 4 unspecified atom stereocenters. The molecule has 2 aliphatic heterocycles. The quantitative estimate of drug-likeness (QED) is 0.0316. The van der Waals surface area contributed by atoms with Crippen molar-refractivity contribution >= 4 is 71.7 Å². The van der Waals surface area contributed by atoms with Crippen molar-refractivity contribution in [2.24, 2.45) is 26.2 Å². The molecule has 13 N–H and O–H groups in total. The average molecular weight is 910 g/mol. The minimum absolute atomic E-state index is 0.000105. The van der Waals surface area contributed by atoms with Gasteiger partial charge in [0.25, 0.3) is 28.9 Å². The number of fused-ring (bicyclic) bond motifs is 2. The van der Waals surface area contributed by atoms with Crippen molar-refractivity contribution in [1.82, 2.24) is 30.3 Å². The SMILES string of the molecule is NN=Nc1nc2c(c(=O)[nH]1)C(CCc1ccc(C(=O)NC(CCC(=O)O)C(=O)O)cc1)(CC1(CCc3ccc(C(=O)NC(CCC(=O)O)C(=O)O)cc3)C=Nc3nc(N)n(N)c(=O)c31)C=N2. The number of aromatic amines is 1. The van der Waals surface area contributed by atoms with Crippen molar-refractivity contribution in [1.29, 1.82) is 0 Å². The van der Waals surface area contributed by atoms with E-state index >= 15 is 0 Å². The van der Waals surface area contributed by atoms with Crippen molar-refractivity contribution in [2.45, 2.75) is 80.7 Å². The number of aromatic nitrogens is 4. The molecule has 2 aliphatic rings. The van der Waals surface area contributed by atoms with Crippen molar-refractivity contribution in [3.8, 4) is 0 Å². The van der Waals surface area contributed by atoms with E-state index in [4.69, 9.17) is 27.6 Å². The number of nitrogens with zero attached hydrogens (tertiary/aromatic N) is 7. The second-order valence-electron chi connectivity index (χ2n) is 15.6. The zero-order valence-electron chi connectivity index (χ0n) is 34.7. The Morgan fingerprint density at radius 1 is 0.712 bits per heavy atom. The maximum Gasteiger partial charge on any atom is 0.326 e. The van der Waals surface area contributed by atoms with Crippen LogP contribution in [0.25, 0.3) is 0 Å². The number of aliphatic imine (C=N–C) groups is 2. The molecule has 4 aromatic rings. The third-order valence-electron chi connectivity index (χ3n) is 11.3. The van der Waals surface area contributed by atoms with Crippen LogP contribution < -0.4 is 39.2 Å². The number of carboxylic acid groups (broad SMARTS) is 4. The molecule has 2 aromatic heterocycles. The summed E-state index contributed by atoms with van der Waals surface area (Å²) in [5.74, 6) is 4.08. The molecule has 0 aliphatic carbocycles. The first-order valence-electron chi connectivity index (χ1n) is 20.1. The summed E-state index contributed by atoms with van der Waals surface area (Å²) in [6, 6.07) is 9.45. The Kier molecular flexibility index (Phi) is 13.8. The number of hydrogen-bond donors (Lipinski definition) is 10. The van der Waals surface area contributed by atoms with Crippen molar-refractivity contribution in [3.05, 3.63) is 103 Å². The molecule has 2 amide bonds.